The standard InChI is InChI=1S/C12H16F3N6O4P/c13-12(14,15)11(25-5-26(22,23)24)2-1-6(3-11)21-4-18-7-8(16)19-10(17)20-9(7)21/h4,6H,1-3,5H2,(H2,22,23,24)(H4,16,17,19,20)/t6-,11+/m0/s1. The van der Waals surface area contributed by atoms with E-state index in [9.17, 15) is 17.7 Å². The lowest BCUT2D eigenvalue weighted by Gasteiger charge is -2.32. The van der Waals surface area contributed by atoms with Crippen molar-refractivity contribution in [3.8, 4) is 0 Å². The van der Waals surface area contributed by atoms with Crippen LogP contribution in [0.15, 0.2) is 6.33 Å². The molecule has 14 heteroatoms. The molecule has 1 fully saturated rings. The maximum absolute atomic E-state index is 13.6. The fourth-order valence-corrected chi connectivity index (χ4v) is 3.54. The maximum Gasteiger partial charge on any atom is 0.417 e. The first-order valence-corrected chi connectivity index (χ1v) is 9.22. The molecule has 0 spiro atoms. The molecule has 0 aliphatic heterocycles. The number of nitrogen functional groups attached to an aromatic ring is 2. The van der Waals surface area contributed by atoms with Crippen molar-refractivity contribution in [3.63, 3.8) is 0 Å². The molecule has 3 rings (SSSR count). The van der Waals surface area contributed by atoms with Crippen molar-refractivity contribution >= 4 is 30.5 Å². The van der Waals surface area contributed by atoms with Crippen LogP contribution in [0.3, 0.4) is 0 Å². The van der Waals surface area contributed by atoms with Crippen LogP contribution in [-0.4, -0.2) is 47.4 Å². The van der Waals surface area contributed by atoms with Gasteiger partial charge >= 0.3 is 13.8 Å². The Bertz CT molecular complexity index is 884. The summed E-state index contributed by atoms with van der Waals surface area (Å²) in [6, 6.07) is -0.716. The van der Waals surface area contributed by atoms with Crippen LogP contribution in [0.25, 0.3) is 11.2 Å². The number of nitrogens with two attached hydrogens (primary N) is 2. The van der Waals surface area contributed by atoms with Gasteiger partial charge in [-0.3, -0.25) is 4.57 Å². The molecule has 0 bridgehead atoms. The Hall–Kier alpha value is -1.95. The molecule has 6 N–H and O–H groups in total. The molecule has 1 saturated carbocycles. The minimum atomic E-state index is -4.81. The second-order valence-electron chi connectivity index (χ2n) is 6.12. The summed E-state index contributed by atoms with van der Waals surface area (Å²) >= 11 is 0. The van der Waals surface area contributed by atoms with Gasteiger partial charge in [-0.2, -0.15) is 23.1 Å². The molecule has 0 amide bonds. The van der Waals surface area contributed by atoms with Gasteiger partial charge in [0, 0.05) is 12.5 Å². The summed E-state index contributed by atoms with van der Waals surface area (Å²) < 4.78 is 57.8. The molecule has 144 valence electrons. The van der Waals surface area contributed by atoms with Gasteiger partial charge in [0.15, 0.2) is 17.1 Å². The lowest BCUT2D eigenvalue weighted by Crippen LogP contribution is -2.45. The molecule has 0 unspecified atom stereocenters. The molecular formula is C12H16F3N6O4P. The maximum atomic E-state index is 13.6. The van der Waals surface area contributed by atoms with Crippen molar-refractivity contribution in [1.82, 2.24) is 19.5 Å². The van der Waals surface area contributed by atoms with E-state index in [4.69, 9.17) is 26.0 Å². The SMILES string of the molecule is Nc1nc(N)c2ncn([C@H]3CC[C@](OCP(=O)(O)O)(C(F)(F)F)C3)c2n1. The molecule has 2 atom stereocenters. The van der Waals surface area contributed by atoms with E-state index in [-0.39, 0.29) is 29.4 Å². The van der Waals surface area contributed by atoms with Gasteiger partial charge in [0.25, 0.3) is 0 Å². The monoisotopic (exact) mass is 396 g/mol. The van der Waals surface area contributed by atoms with Gasteiger partial charge in [-0.1, -0.05) is 0 Å². The van der Waals surface area contributed by atoms with Crippen LogP contribution in [0.2, 0.25) is 0 Å². The number of alkyl halides is 3. The number of ether oxygens (including phenoxy) is 1. The number of rotatable bonds is 4. The molecule has 0 saturated heterocycles. The molecule has 1 aliphatic carbocycles. The first-order valence-electron chi connectivity index (χ1n) is 7.43. The van der Waals surface area contributed by atoms with Gasteiger partial charge in [-0.25, -0.2) is 4.98 Å². The van der Waals surface area contributed by atoms with Gasteiger partial charge in [0.2, 0.25) is 5.95 Å². The first kappa shape index (κ1) is 18.8. The van der Waals surface area contributed by atoms with Gasteiger partial charge in [0.05, 0.1) is 6.33 Å². The molecule has 2 aromatic rings. The largest absolute Gasteiger partial charge is 0.417 e. The highest BCUT2D eigenvalue weighted by Gasteiger charge is 2.60. The Morgan fingerprint density at radius 3 is 2.69 bits per heavy atom. The summed E-state index contributed by atoms with van der Waals surface area (Å²) in [5.41, 5.74) is 8.95. The Morgan fingerprint density at radius 2 is 2.08 bits per heavy atom. The topological polar surface area (TPSA) is 162 Å². The van der Waals surface area contributed by atoms with Crippen LogP contribution in [0.1, 0.15) is 25.3 Å². The average Bonchev–Trinajstić information content (AvgIpc) is 3.08. The van der Waals surface area contributed by atoms with Crippen molar-refractivity contribution in [2.24, 2.45) is 0 Å². The summed E-state index contributed by atoms with van der Waals surface area (Å²) in [6.07, 6.45) is -5.81. The lowest BCUT2D eigenvalue weighted by atomic mass is 10.0. The number of nitrogens with zero attached hydrogens (tertiary/aromatic N) is 4. The number of hydrogen-bond donors (Lipinski definition) is 4. The number of fused-ring (bicyclic) bond motifs is 1. The van der Waals surface area contributed by atoms with E-state index in [1.165, 1.54) is 10.9 Å². The Labute approximate surface area is 144 Å². The minimum Gasteiger partial charge on any atom is -0.382 e. The van der Waals surface area contributed by atoms with Crippen LogP contribution in [0.4, 0.5) is 24.9 Å². The zero-order valence-electron chi connectivity index (χ0n) is 13.2. The van der Waals surface area contributed by atoms with E-state index in [1.807, 2.05) is 0 Å². The Morgan fingerprint density at radius 1 is 1.38 bits per heavy atom. The lowest BCUT2D eigenvalue weighted by molar-refractivity contribution is -0.271. The van der Waals surface area contributed by atoms with Crippen molar-refractivity contribution in [1.29, 1.82) is 0 Å². The predicted molar refractivity (Wildman–Crippen MR) is 83.8 cm³/mol. The van der Waals surface area contributed by atoms with Crippen molar-refractivity contribution in [2.45, 2.75) is 37.1 Å². The summed E-state index contributed by atoms with van der Waals surface area (Å²) in [5, 5.41) is 0. The number of imidazole rings is 1. The Balaban J connectivity index is 1.94. The zero-order valence-corrected chi connectivity index (χ0v) is 14.1. The van der Waals surface area contributed by atoms with Gasteiger partial charge in [0.1, 0.15) is 11.9 Å². The van der Waals surface area contributed by atoms with E-state index in [2.05, 4.69) is 15.0 Å². The van der Waals surface area contributed by atoms with E-state index in [1.54, 1.807) is 0 Å². The van der Waals surface area contributed by atoms with Crippen molar-refractivity contribution < 1.29 is 32.3 Å². The normalized spacial score (nSPS) is 24.4. The highest BCUT2D eigenvalue weighted by molar-refractivity contribution is 7.51. The first-order chi connectivity index (χ1) is 11.9. The van der Waals surface area contributed by atoms with Crippen molar-refractivity contribution in [3.05, 3.63) is 6.33 Å². The van der Waals surface area contributed by atoms with Gasteiger partial charge in [-0.15, -0.1) is 0 Å². The Kier molecular flexibility index (Phi) is 4.38. The number of halogens is 3. The highest BCUT2D eigenvalue weighted by Crippen LogP contribution is 2.52. The van der Waals surface area contributed by atoms with Crippen LogP contribution in [-0.2, 0) is 9.30 Å². The fourth-order valence-electron chi connectivity index (χ4n) is 3.12. The number of anilines is 2. The predicted octanol–water partition coefficient (Wildman–Crippen LogP) is 1.17. The molecule has 2 aromatic heterocycles. The molecule has 10 nitrogen and oxygen atoms in total. The molecule has 1 aliphatic rings. The molecular weight excluding hydrogens is 380 g/mol. The number of aromatic nitrogens is 4. The molecule has 26 heavy (non-hydrogen) atoms. The van der Waals surface area contributed by atoms with E-state index in [0.29, 0.717) is 0 Å². The third kappa shape index (κ3) is 3.34. The average molecular weight is 396 g/mol. The second-order valence-corrected chi connectivity index (χ2v) is 7.71. The fraction of sp³-hybridized carbons (Fsp3) is 0.583. The highest BCUT2D eigenvalue weighted by atomic mass is 31.2. The molecule has 2 heterocycles. The van der Waals surface area contributed by atoms with Crippen LogP contribution in [0, 0.1) is 0 Å². The third-order valence-corrected chi connectivity index (χ3v) is 4.80. The smallest absolute Gasteiger partial charge is 0.382 e. The molecule has 0 aromatic carbocycles. The molecule has 0 radical (unpaired) electrons. The van der Waals surface area contributed by atoms with E-state index in [0.717, 1.165) is 0 Å². The summed E-state index contributed by atoms with van der Waals surface area (Å²) in [7, 11) is -4.76. The summed E-state index contributed by atoms with van der Waals surface area (Å²) in [4.78, 5) is 29.5. The third-order valence-electron chi connectivity index (χ3n) is 4.33. The van der Waals surface area contributed by atoms with E-state index < -0.39 is 44.6 Å². The minimum absolute atomic E-state index is 0.00378. The summed E-state index contributed by atoms with van der Waals surface area (Å²) in [6.45, 7) is 0. The quantitative estimate of drug-likeness (QED) is 0.556. The van der Waals surface area contributed by atoms with Crippen molar-refractivity contribution in [2.75, 3.05) is 17.8 Å². The summed E-state index contributed by atoms with van der Waals surface area (Å²) in [5.74, 6) is -0.140. The van der Waals surface area contributed by atoms with Gasteiger partial charge in [-0.05, 0) is 12.8 Å². The second kappa shape index (κ2) is 6.05. The zero-order chi connectivity index (χ0) is 19.3. The van der Waals surface area contributed by atoms with Crippen LogP contribution in [0.5, 0.6) is 0 Å². The number of hydrogen-bond acceptors (Lipinski definition) is 7. The van der Waals surface area contributed by atoms with Crippen LogP contribution >= 0.6 is 7.60 Å². The van der Waals surface area contributed by atoms with Gasteiger partial charge < -0.3 is 30.6 Å². The van der Waals surface area contributed by atoms with Crippen LogP contribution < -0.4 is 11.5 Å². The van der Waals surface area contributed by atoms with E-state index >= 15 is 0 Å².